The fourth-order valence-corrected chi connectivity index (χ4v) is 5.84. The molecule has 2 rings (SSSR count). The second kappa shape index (κ2) is 10.9. The third-order valence-corrected chi connectivity index (χ3v) is 9.43. The lowest BCUT2D eigenvalue weighted by Crippen LogP contribution is -2.53. The number of thioether (sulfide) groups is 1. The number of hydrogen-bond acceptors (Lipinski definition) is 6. The number of aliphatic hydroxyl groups excluding tert-OH is 1. The van der Waals surface area contributed by atoms with E-state index in [0.29, 0.717) is 6.61 Å². The molecule has 0 saturated heterocycles. The molecule has 0 bridgehead atoms. The fourth-order valence-electron chi connectivity index (χ4n) is 3.72. The molecule has 1 heterocycles. The van der Waals surface area contributed by atoms with Gasteiger partial charge in [0, 0.05) is 30.9 Å². The lowest BCUT2D eigenvalue weighted by atomic mass is 9.74. The van der Waals surface area contributed by atoms with Gasteiger partial charge in [0.2, 0.25) is 0 Å². The van der Waals surface area contributed by atoms with Crippen LogP contribution in [0.5, 0.6) is 0 Å². The maximum Gasteiger partial charge on any atom is 0.418 e. The van der Waals surface area contributed by atoms with Gasteiger partial charge in [0.1, 0.15) is 12.3 Å². The number of ether oxygens (including phenoxy) is 2. The average molecular weight is 531 g/mol. The Kier molecular flexibility index (Phi) is 9.23. The Labute approximate surface area is 213 Å². The van der Waals surface area contributed by atoms with E-state index in [1.54, 1.807) is 27.7 Å². The van der Waals surface area contributed by atoms with Crippen LogP contribution in [-0.4, -0.2) is 59.6 Å². The van der Waals surface area contributed by atoms with Crippen molar-refractivity contribution in [1.29, 1.82) is 0 Å². The Morgan fingerprint density at radius 3 is 2.43 bits per heavy atom. The van der Waals surface area contributed by atoms with Crippen molar-refractivity contribution in [1.82, 2.24) is 4.90 Å². The molecule has 1 aliphatic rings. The Balaban J connectivity index is 2.56. The average Bonchev–Trinajstić information content (AvgIpc) is 2.71. The van der Waals surface area contributed by atoms with Crippen LogP contribution in [0.2, 0.25) is 25.7 Å². The van der Waals surface area contributed by atoms with E-state index in [9.17, 15) is 18.7 Å². The van der Waals surface area contributed by atoms with Gasteiger partial charge in [-0.1, -0.05) is 50.5 Å². The van der Waals surface area contributed by atoms with Crippen molar-refractivity contribution in [2.45, 2.75) is 83.1 Å². The van der Waals surface area contributed by atoms with Gasteiger partial charge in [-0.15, -0.1) is 0 Å². The molecule has 0 saturated carbocycles. The highest BCUT2D eigenvalue weighted by atomic mass is 32.2. The summed E-state index contributed by atoms with van der Waals surface area (Å²) in [5.74, 6) is -2.37. The number of halogens is 2. The molecule has 0 fully saturated rings. The van der Waals surface area contributed by atoms with Crippen LogP contribution in [0.25, 0.3) is 0 Å². The topological polar surface area (TPSA) is 71.4 Å². The van der Waals surface area contributed by atoms with Crippen molar-refractivity contribution < 1.29 is 28.2 Å². The Bertz CT molecular complexity index is 950. The van der Waals surface area contributed by atoms with Crippen molar-refractivity contribution in [2.24, 2.45) is 10.9 Å². The number of nitrogens with zero attached hydrogens (tertiary/aromatic N) is 2. The monoisotopic (exact) mass is 530 g/mol. The molecular weight excluding hydrogens is 490 g/mol. The van der Waals surface area contributed by atoms with Crippen LogP contribution in [0.4, 0.5) is 13.6 Å². The number of amidine groups is 1. The van der Waals surface area contributed by atoms with Crippen molar-refractivity contribution >= 4 is 31.1 Å². The summed E-state index contributed by atoms with van der Waals surface area (Å²) in [6.07, 6.45) is -0.659. The van der Waals surface area contributed by atoms with E-state index >= 15 is 0 Å². The van der Waals surface area contributed by atoms with Gasteiger partial charge in [-0.3, -0.25) is 4.99 Å². The largest absolute Gasteiger partial charge is 0.443 e. The van der Waals surface area contributed by atoms with Crippen LogP contribution in [0.15, 0.2) is 23.2 Å². The number of rotatable bonds is 7. The van der Waals surface area contributed by atoms with Gasteiger partial charge < -0.3 is 14.6 Å². The third kappa shape index (κ3) is 7.27. The van der Waals surface area contributed by atoms with Crippen LogP contribution in [0.1, 0.15) is 47.1 Å². The standard InChI is InChI=1S/C25H40F2N2O4SSi/c1-17-24(5,15-30)34-21(28-25(17,6)18-11-10-12-19(26)20(18)27)29(22(31)33-23(2,3)4)16-32-13-14-35(7,8)9/h10-12,17,30H,13-16H2,1-9H3/t17-,24-,25+/m1/s1. The lowest BCUT2D eigenvalue weighted by Gasteiger charge is -2.48. The highest BCUT2D eigenvalue weighted by molar-refractivity contribution is 8.15. The molecule has 6 nitrogen and oxygen atoms in total. The predicted octanol–water partition coefficient (Wildman–Crippen LogP) is 6.22. The number of amides is 1. The number of aliphatic imine (C=N–C) groups is 1. The molecule has 1 aliphatic heterocycles. The van der Waals surface area contributed by atoms with E-state index in [-0.39, 0.29) is 24.1 Å². The number of hydrogen-bond donors (Lipinski definition) is 1. The third-order valence-electron chi connectivity index (χ3n) is 6.28. The summed E-state index contributed by atoms with van der Waals surface area (Å²) in [4.78, 5) is 19.3. The van der Waals surface area contributed by atoms with Crippen molar-refractivity contribution in [3.05, 3.63) is 35.4 Å². The van der Waals surface area contributed by atoms with Gasteiger partial charge in [-0.05, 0) is 46.7 Å². The molecular formula is C25H40F2N2O4SSi. The minimum absolute atomic E-state index is 0.0614. The first-order valence-corrected chi connectivity index (χ1v) is 16.4. The van der Waals surface area contributed by atoms with E-state index < -0.39 is 47.6 Å². The molecule has 0 unspecified atom stereocenters. The molecule has 0 spiro atoms. The first-order valence-electron chi connectivity index (χ1n) is 11.9. The Morgan fingerprint density at radius 1 is 1.26 bits per heavy atom. The van der Waals surface area contributed by atoms with Crippen molar-refractivity contribution in [3.63, 3.8) is 0 Å². The van der Waals surface area contributed by atoms with Gasteiger partial charge >= 0.3 is 6.09 Å². The van der Waals surface area contributed by atoms with E-state index in [1.165, 1.54) is 28.8 Å². The Morgan fingerprint density at radius 2 is 1.89 bits per heavy atom. The van der Waals surface area contributed by atoms with Crippen LogP contribution >= 0.6 is 11.8 Å². The van der Waals surface area contributed by atoms with E-state index in [0.717, 1.165) is 12.1 Å². The van der Waals surface area contributed by atoms with Crippen LogP contribution in [-0.2, 0) is 15.0 Å². The fraction of sp³-hybridized carbons (Fsp3) is 0.680. The maximum absolute atomic E-state index is 15.0. The van der Waals surface area contributed by atoms with Gasteiger partial charge in [0.25, 0.3) is 0 Å². The summed E-state index contributed by atoms with van der Waals surface area (Å²) in [5.41, 5.74) is -1.96. The van der Waals surface area contributed by atoms with Crippen LogP contribution in [0, 0.1) is 17.6 Å². The summed E-state index contributed by atoms with van der Waals surface area (Å²) in [5, 5.41) is 10.6. The summed E-state index contributed by atoms with van der Waals surface area (Å²) < 4.78 is 39.8. The molecule has 198 valence electrons. The molecule has 3 atom stereocenters. The number of carbonyl (C=O) groups is 1. The maximum atomic E-state index is 15.0. The van der Waals surface area contributed by atoms with Gasteiger partial charge in [-0.25, -0.2) is 18.5 Å². The molecule has 1 aromatic rings. The first-order chi connectivity index (χ1) is 15.9. The zero-order chi connectivity index (χ0) is 26.8. The quantitative estimate of drug-likeness (QED) is 0.257. The molecule has 0 radical (unpaired) electrons. The highest BCUT2D eigenvalue weighted by Crippen LogP contribution is 2.51. The lowest BCUT2D eigenvalue weighted by molar-refractivity contribution is 0.0107. The second-order valence-corrected chi connectivity index (χ2v) is 18.8. The van der Waals surface area contributed by atoms with Gasteiger partial charge in [-0.2, -0.15) is 0 Å². The van der Waals surface area contributed by atoms with E-state index in [2.05, 4.69) is 19.6 Å². The minimum Gasteiger partial charge on any atom is -0.443 e. The second-order valence-electron chi connectivity index (χ2n) is 11.7. The zero-order valence-electron chi connectivity index (χ0n) is 22.4. The van der Waals surface area contributed by atoms with E-state index in [4.69, 9.17) is 14.5 Å². The van der Waals surface area contributed by atoms with Crippen LogP contribution in [0.3, 0.4) is 0 Å². The van der Waals surface area contributed by atoms with E-state index in [1.807, 2.05) is 13.8 Å². The molecule has 0 aromatic heterocycles. The summed E-state index contributed by atoms with van der Waals surface area (Å²) >= 11 is 1.21. The molecule has 1 N–H and O–H groups in total. The molecule has 1 aromatic carbocycles. The summed E-state index contributed by atoms with van der Waals surface area (Å²) in [7, 11) is -1.36. The zero-order valence-corrected chi connectivity index (χ0v) is 24.2. The summed E-state index contributed by atoms with van der Waals surface area (Å²) in [6, 6.07) is 4.89. The number of benzene rings is 1. The van der Waals surface area contributed by atoms with Gasteiger partial charge in [0.05, 0.1) is 12.1 Å². The minimum atomic E-state index is -1.36. The molecule has 35 heavy (non-hydrogen) atoms. The first kappa shape index (κ1) is 29.7. The van der Waals surface area contributed by atoms with Gasteiger partial charge in [0.15, 0.2) is 16.8 Å². The highest BCUT2D eigenvalue weighted by Gasteiger charge is 2.52. The SMILES string of the molecule is C[C@@H]1[C@@](C)(CO)SC(N(COCC[Si](C)(C)C)C(=O)OC(C)(C)C)=N[C@]1(C)c1cccc(F)c1F. The molecule has 0 aliphatic carbocycles. The molecule has 1 amide bonds. The number of aliphatic hydroxyl groups is 1. The number of carbonyl (C=O) groups excluding carboxylic acids is 1. The molecule has 10 heteroatoms. The predicted molar refractivity (Wildman–Crippen MR) is 140 cm³/mol. The van der Waals surface area contributed by atoms with Crippen molar-refractivity contribution in [2.75, 3.05) is 19.9 Å². The van der Waals surface area contributed by atoms with Crippen molar-refractivity contribution in [3.8, 4) is 0 Å². The summed E-state index contributed by atoms with van der Waals surface area (Å²) in [6.45, 7) is 17.4. The van der Waals surface area contributed by atoms with Crippen LogP contribution < -0.4 is 0 Å². The Hall–Kier alpha value is -1.49. The smallest absolute Gasteiger partial charge is 0.418 e. The normalized spacial score (nSPS) is 25.3.